The van der Waals surface area contributed by atoms with Crippen LogP contribution in [0.3, 0.4) is 0 Å². The van der Waals surface area contributed by atoms with Crippen LogP contribution in [-0.4, -0.2) is 13.1 Å². The largest absolute Gasteiger partial charge is 0.313 e. The van der Waals surface area contributed by atoms with Crippen LogP contribution in [-0.2, 0) is 0 Å². The fourth-order valence-electron chi connectivity index (χ4n) is 1.74. The standard InChI is InChI=1S/C16H24FN/c1-12(2)10-18-11-15(13(3)4)8-14-6-5-7-16(17)9-14/h5-9,12-13,18H,10-11H2,1-4H3. The molecule has 0 amide bonds. The highest BCUT2D eigenvalue weighted by Crippen LogP contribution is 2.15. The maximum atomic E-state index is 13.1. The monoisotopic (exact) mass is 249 g/mol. The smallest absolute Gasteiger partial charge is 0.123 e. The molecule has 0 aliphatic carbocycles. The van der Waals surface area contributed by atoms with Crippen molar-refractivity contribution in [2.45, 2.75) is 27.7 Å². The van der Waals surface area contributed by atoms with Crippen molar-refractivity contribution in [3.05, 3.63) is 41.2 Å². The third-order valence-electron chi connectivity index (χ3n) is 2.82. The lowest BCUT2D eigenvalue weighted by Crippen LogP contribution is -2.23. The van der Waals surface area contributed by atoms with Gasteiger partial charge in [-0.2, -0.15) is 0 Å². The lowest BCUT2D eigenvalue weighted by atomic mass is 10.00. The summed E-state index contributed by atoms with van der Waals surface area (Å²) in [4.78, 5) is 0. The zero-order chi connectivity index (χ0) is 13.5. The fourth-order valence-corrected chi connectivity index (χ4v) is 1.74. The summed E-state index contributed by atoms with van der Waals surface area (Å²) in [7, 11) is 0. The van der Waals surface area contributed by atoms with E-state index < -0.39 is 0 Å². The van der Waals surface area contributed by atoms with Gasteiger partial charge in [0.2, 0.25) is 0 Å². The van der Waals surface area contributed by atoms with Crippen molar-refractivity contribution in [3.63, 3.8) is 0 Å². The number of hydrogen-bond donors (Lipinski definition) is 1. The number of benzene rings is 1. The maximum Gasteiger partial charge on any atom is 0.123 e. The quantitative estimate of drug-likeness (QED) is 0.800. The molecule has 0 saturated heterocycles. The van der Waals surface area contributed by atoms with E-state index >= 15 is 0 Å². The SMILES string of the molecule is CC(C)CNCC(=Cc1cccc(F)c1)C(C)C. The minimum absolute atomic E-state index is 0.179. The molecule has 18 heavy (non-hydrogen) atoms. The Kier molecular flexibility index (Phi) is 6.06. The summed E-state index contributed by atoms with van der Waals surface area (Å²) in [5, 5.41) is 3.44. The molecule has 0 aliphatic rings. The number of halogens is 1. The van der Waals surface area contributed by atoms with Gasteiger partial charge in [0, 0.05) is 6.54 Å². The highest BCUT2D eigenvalue weighted by Gasteiger charge is 2.04. The van der Waals surface area contributed by atoms with Gasteiger partial charge in [-0.3, -0.25) is 0 Å². The molecule has 0 aliphatic heterocycles. The third kappa shape index (κ3) is 5.46. The topological polar surface area (TPSA) is 12.0 Å². The van der Waals surface area contributed by atoms with Gasteiger partial charge in [-0.15, -0.1) is 0 Å². The van der Waals surface area contributed by atoms with Gasteiger partial charge in [-0.05, 0) is 36.1 Å². The Morgan fingerprint density at radius 2 is 2.00 bits per heavy atom. The first-order valence-electron chi connectivity index (χ1n) is 6.65. The number of rotatable bonds is 6. The first-order valence-corrected chi connectivity index (χ1v) is 6.65. The first-order chi connectivity index (χ1) is 8.49. The minimum atomic E-state index is -0.179. The summed E-state index contributed by atoms with van der Waals surface area (Å²) in [5.74, 6) is 0.933. The van der Waals surface area contributed by atoms with E-state index in [-0.39, 0.29) is 5.82 Å². The summed E-state index contributed by atoms with van der Waals surface area (Å²) in [6.45, 7) is 10.6. The van der Waals surface area contributed by atoms with E-state index in [1.54, 1.807) is 12.1 Å². The lowest BCUT2D eigenvalue weighted by molar-refractivity contribution is 0.558. The Balaban J connectivity index is 2.72. The molecule has 100 valence electrons. The average molecular weight is 249 g/mol. The summed E-state index contributed by atoms with van der Waals surface area (Å²) in [6.07, 6.45) is 2.08. The molecule has 0 unspecified atom stereocenters. The van der Waals surface area contributed by atoms with Crippen molar-refractivity contribution in [2.24, 2.45) is 11.8 Å². The number of hydrogen-bond acceptors (Lipinski definition) is 1. The molecule has 0 spiro atoms. The van der Waals surface area contributed by atoms with E-state index in [9.17, 15) is 4.39 Å². The van der Waals surface area contributed by atoms with Crippen molar-refractivity contribution in [2.75, 3.05) is 13.1 Å². The van der Waals surface area contributed by atoms with Crippen molar-refractivity contribution in [3.8, 4) is 0 Å². The van der Waals surface area contributed by atoms with Gasteiger partial charge >= 0.3 is 0 Å². The van der Waals surface area contributed by atoms with Crippen LogP contribution in [0, 0.1) is 17.7 Å². The van der Waals surface area contributed by atoms with E-state index in [4.69, 9.17) is 0 Å². The molecule has 1 N–H and O–H groups in total. The molecule has 1 aromatic carbocycles. The first kappa shape index (κ1) is 14.9. The molecule has 0 saturated carbocycles. The van der Waals surface area contributed by atoms with Crippen LogP contribution in [0.4, 0.5) is 4.39 Å². The van der Waals surface area contributed by atoms with Gasteiger partial charge in [0.15, 0.2) is 0 Å². The lowest BCUT2D eigenvalue weighted by Gasteiger charge is -2.14. The summed E-state index contributed by atoms with van der Waals surface area (Å²) in [5.41, 5.74) is 2.24. The van der Waals surface area contributed by atoms with Crippen LogP contribution in [0.25, 0.3) is 6.08 Å². The summed E-state index contributed by atoms with van der Waals surface area (Å²) < 4.78 is 13.1. The normalized spacial score (nSPS) is 12.5. The van der Waals surface area contributed by atoms with Crippen molar-refractivity contribution < 1.29 is 4.39 Å². The van der Waals surface area contributed by atoms with Crippen LogP contribution in [0.5, 0.6) is 0 Å². The van der Waals surface area contributed by atoms with Gasteiger partial charge in [-0.1, -0.05) is 51.5 Å². The second-order valence-electron chi connectivity index (χ2n) is 5.45. The zero-order valence-corrected chi connectivity index (χ0v) is 11.8. The Hall–Kier alpha value is -1.15. The Morgan fingerprint density at radius 3 is 2.56 bits per heavy atom. The molecular weight excluding hydrogens is 225 g/mol. The second-order valence-corrected chi connectivity index (χ2v) is 5.45. The highest BCUT2D eigenvalue weighted by molar-refractivity contribution is 5.53. The second kappa shape index (κ2) is 7.32. The zero-order valence-electron chi connectivity index (χ0n) is 11.8. The Labute approximate surface area is 110 Å². The fraction of sp³-hybridized carbons (Fsp3) is 0.500. The van der Waals surface area contributed by atoms with Gasteiger partial charge in [-0.25, -0.2) is 4.39 Å². The van der Waals surface area contributed by atoms with E-state index in [0.717, 1.165) is 18.7 Å². The average Bonchev–Trinajstić information content (AvgIpc) is 2.27. The van der Waals surface area contributed by atoms with Crippen LogP contribution in [0.2, 0.25) is 0 Å². The molecule has 2 heteroatoms. The van der Waals surface area contributed by atoms with Crippen molar-refractivity contribution in [1.82, 2.24) is 5.32 Å². The molecule has 0 bridgehead atoms. The molecule has 0 heterocycles. The Bertz CT molecular complexity index is 394. The van der Waals surface area contributed by atoms with E-state index in [0.29, 0.717) is 11.8 Å². The number of nitrogens with one attached hydrogen (secondary N) is 1. The highest BCUT2D eigenvalue weighted by atomic mass is 19.1. The third-order valence-corrected chi connectivity index (χ3v) is 2.82. The molecule has 0 aromatic heterocycles. The maximum absolute atomic E-state index is 13.1. The molecule has 0 fully saturated rings. The molecular formula is C16H24FN. The van der Waals surface area contributed by atoms with E-state index in [1.807, 2.05) is 6.07 Å². The van der Waals surface area contributed by atoms with E-state index in [2.05, 4.69) is 39.1 Å². The predicted molar refractivity (Wildman–Crippen MR) is 76.9 cm³/mol. The molecule has 1 rings (SSSR count). The summed E-state index contributed by atoms with van der Waals surface area (Å²) in [6, 6.07) is 6.74. The molecule has 1 nitrogen and oxygen atoms in total. The van der Waals surface area contributed by atoms with Crippen LogP contribution in [0.1, 0.15) is 33.3 Å². The van der Waals surface area contributed by atoms with Crippen molar-refractivity contribution >= 4 is 6.08 Å². The molecule has 0 radical (unpaired) electrons. The van der Waals surface area contributed by atoms with Crippen LogP contribution in [0.15, 0.2) is 29.8 Å². The van der Waals surface area contributed by atoms with Crippen molar-refractivity contribution in [1.29, 1.82) is 0 Å². The van der Waals surface area contributed by atoms with Gasteiger partial charge < -0.3 is 5.32 Å². The van der Waals surface area contributed by atoms with E-state index in [1.165, 1.54) is 11.6 Å². The molecule has 1 aromatic rings. The summed E-state index contributed by atoms with van der Waals surface area (Å²) >= 11 is 0. The van der Waals surface area contributed by atoms with Crippen LogP contribution >= 0.6 is 0 Å². The van der Waals surface area contributed by atoms with Gasteiger partial charge in [0.1, 0.15) is 5.82 Å². The van der Waals surface area contributed by atoms with Gasteiger partial charge in [0.05, 0.1) is 0 Å². The minimum Gasteiger partial charge on any atom is -0.313 e. The van der Waals surface area contributed by atoms with Crippen LogP contribution < -0.4 is 5.32 Å². The van der Waals surface area contributed by atoms with Gasteiger partial charge in [0.25, 0.3) is 0 Å². The predicted octanol–water partition coefficient (Wildman–Crippen LogP) is 4.11. The molecule has 0 atom stereocenters. The Morgan fingerprint density at radius 1 is 1.28 bits per heavy atom.